The van der Waals surface area contributed by atoms with Crippen molar-refractivity contribution >= 4 is 23.6 Å². The summed E-state index contributed by atoms with van der Waals surface area (Å²) in [5, 5.41) is 2.63. The maximum absolute atomic E-state index is 12.6. The molecular weight excluding hydrogens is 295 g/mol. The van der Waals surface area contributed by atoms with Gasteiger partial charge in [-0.1, -0.05) is 11.8 Å². The molecule has 6 nitrogen and oxygen atoms in total. The van der Waals surface area contributed by atoms with Gasteiger partial charge in [0, 0.05) is 12.1 Å². The molecule has 1 heterocycles. The highest BCUT2D eigenvalue weighted by molar-refractivity contribution is 7.99. The Morgan fingerprint density at radius 2 is 2.10 bits per heavy atom. The summed E-state index contributed by atoms with van der Waals surface area (Å²) < 4.78 is 37.8. The van der Waals surface area contributed by atoms with Crippen LogP contribution in [0.4, 0.5) is 19.1 Å². The molecular formula is C10H14F3N5OS. The van der Waals surface area contributed by atoms with Gasteiger partial charge in [0.1, 0.15) is 5.03 Å². The summed E-state index contributed by atoms with van der Waals surface area (Å²) in [5.74, 6) is 4.33. The van der Waals surface area contributed by atoms with E-state index in [0.29, 0.717) is 0 Å². The molecule has 0 saturated heterocycles. The summed E-state index contributed by atoms with van der Waals surface area (Å²) in [5.41, 5.74) is 0.845. The van der Waals surface area contributed by atoms with E-state index >= 15 is 0 Å². The Kier molecular flexibility index (Phi) is 5.57. The minimum Gasteiger partial charge on any atom is -0.353 e. The largest absolute Gasteiger partial charge is 0.433 e. The van der Waals surface area contributed by atoms with Crippen LogP contribution in [0.5, 0.6) is 0 Å². The molecule has 1 amide bonds. The molecule has 4 N–H and O–H groups in total. The number of rotatable bonds is 5. The van der Waals surface area contributed by atoms with Gasteiger partial charge in [0.05, 0.1) is 5.75 Å². The van der Waals surface area contributed by atoms with Crippen molar-refractivity contribution in [2.24, 2.45) is 5.84 Å². The summed E-state index contributed by atoms with van der Waals surface area (Å²) in [7, 11) is 0. The number of hydrazine groups is 1. The number of aromatic nitrogens is 2. The number of hydrogen-bond donors (Lipinski definition) is 3. The van der Waals surface area contributed by atoms with Crippen molar-refractivity contribution in [1.29, 1.82) is 0 Å². The molecule has 0 unspecified atom stereocenters. The van der Waals surface area contributed by atoms with Crippen molar-refractivity contribution in [2.75, 3.05) is 11.2 Å². The lowest BCUT2D eigenvalue weighted by molar-refractivity contribution is -0.141. The van der Waals surface area contributed by atoms with Crippen molar-refractivity contribution in [3.63, 3.8) is 0 Å². The lowest BCUT2D eigenvalue weighted by atomic mass is 10.4. The zero-order valence-electron chi connectivity index (χ0n) is 10.8. The van der Waals surface area contributed by atoms with Crippen molar-refractivity contribution in [3.05, 3.63) is 11.8 Å². The van der Waals surface area contributed by atoms with Crippen LogP contribution in [0.15, 0.2) is 11.1 Å². The predicted octanol–water partition coefficient (Wildman–Crippen LogP) is 1.40. The van der Waals surface area contributed by atoms with Gasteiger partial charge in [0.25, 0.3) is 0 Å². The molecule has 1 aromatic heterocycles. The lowest BCUT2D eigenvalue weighted by Gasteiger charge is -2.10. The summed E-state index contributed by atoms with van der Waals surface area (Å²) in [4.78, 5) is 18.4. The third kappa shape index (κ3) is 5.21. The summed E-state index contributed by atoms with van der Waals surface area (Å²) in [6.07, 6.45) is -4.61. The summed E-state index contributed by atoms with van der Waals surface area (Å²) >= 11 is 0.872. The van der Waals surface area contributed by atoms with Gasteiger partial charge in [-0.2, -0.15) is 13.2 Å². The molecule has 0 fully saturated rings. The minimum atomic E-state index is -4.61. The number of nitrogens with two attached hydrogens (primary N) is 1. The highest BCUT2D eigenvalue weighted by Crippen LogP contribution is 2.30. The minimum absolute atomic E-state index is 0.0131. The van der Waals surface area contributed by atoms with Gasteiger partial charge >= 0.3 is 6.18 Å². The van der Waals surface area contributed by atoms with Gasteiger partial charge < -0.3 is 5.32 Å². The van der Waals surface area contributed by atoms with E-state index in [1.54, 1.807) is 13.8 Å². The number of carbonyl (C=O) groups excluding carboxylic acids is 1. The molecule has 0 spiro atoms. The van der Waals surface area contributed by atoms with Crippen LogP contribution in [-0.4, -0.2) is 27.7 Å². The van der Waals surface area contributed by atoms with Gasteiger partial charge in [-0.25, -0.2) is 15.8 Å². The Labute approximate surface area is 117 Å². The second-order valence-corrected chi connectivity index (χ2v) is 5.06. The zero-order chi connectivity index (χ0) is 15.3. The van der Waals surface area contributed by atoms with Crippen LogP contribution in [0.25, 0.3) is 0 Å². The lowest BCUT2D eigenvalue weighted by Crippen LogP contribution is -2.31. The van der Waals surface area contributed by atoms with Crippen LogP contribution in [0.1, 0.15) is 19.5 Å². The number of halogens is 3. The molecule has 0 aromatic carbocycles. The second kappa shape index (κ2) is 6.75. The van der Waals surface area contributed by atoms with E-state index in [2.05, 4.69) is 15.3 Å². The molecule has 1 aromatic rings. The number of hydrogen-bond acceptors (Lipinski definition) is 6. The van der Waals surface area contributed by atoms with E-state index in [1.807, 2.05) is 5.43 Å². The molecule has 0 bridgehead atoms. The first-order valence-corrected chi connectivity index (χ1v) is 6.56. The molecule has 1 rings (SSSR count). The van der Waals surface area contributed by atoms with Crippen LogP contribution in [0.3, 0.4) is 0 Å². The van der Waals surface area contributed by atoms with Crippen LogP contribution in [0.2, 0.25) is 0 Å². The maximum atomic E-state index is 12.6. The molecule has 0 radical (unpaired) electrons. The van der Waals surface area contributed by atoms with E-state index < -0.39 is 11.9 Å². The highest BCUT2D eigenvalue weighted by Gasteiger charge is 2.33. The third-order valence-electron chi connectivity index (χ3n) is 1.92. The smallest absolute Gasteiger partial charge is 0.353 e. The number of thioether (sulfide) groups is 1. The van der Waals surface area contributed by atoms with E-state index in [4.69, 9.17) is 5.84 Å². The van der Waals surface area contributed by atoms with Crippen LogP contribution < -0.4 is 16.6 Å². The Hall–Kier alpha value is -1.55. The Balaban J connectivity index is 2.82. The molecule has 10 heteroatoms. The molecule has 0 atom stereocenters. The zero-order valence-corrected chi connectivity index (χ0v) is 11.6. The normalized spacial score (nSPS) is 11.6. The van der Waals surface area contributed by atoms with Gasteiger partial charge in [-0.15, -0.1) is 0 Å². The van der Waals surface area contributed by atoms with Crippen LogP contribution in [-0.2, 0) is 11.0 Å². The Morgan fingerprint density at radius 1 is 1.45 bits per heavy atom. The highest BCUT2D eigenvalue weighted by atomic mass is 32.2. The molecule has 0 aliphatic heterocycles. The topological polar surface area (TPSA) is 92.9 Å². The van der Waals surface area contributed by atoms with Crippen LogP contribution >= 0.6 is 11.8 Å². The molecule has 112 valence electrons. The molecule has 0 aliphatic rings. The standard InChI is InChI=1S/C10H14F3N5OS/c1-5(2)15-7(19)4-20-8-3-6(10(11,12)13)16-9(17-8)18-14/h3,5H,4,14H2,1-2H3,(H,15,19)(H,16,17,18). The first-order valence-electron chi connectivity index (χ1n) is 5.57. The van der Waals surface area contributed by atoms with Gasteiger partial charge in [-0.3, -0.25) is 10.2 Å². The molecule has 20 heavy (non-hydrogen) atoms. The third-order valence-corrected chi connectivity index (χ3v) is 2.83. The first-order chi connectivity index (χ1) is 9.22. The fourth-order valence-corrected chi connectivity index (χ4v) is 1.92. The monoisotopic (exact) mass is 309 g/mol. The van der Waals surface area contributed by atoms with Crippen LogP contribution in [0, 0.1) is 0 Å². The van der Waals surface area contributed by atoms with Crippen molar-refractivity contribution < 1.29 is 18.0 Å². The Morgan fingerprint density at radius 3 is 2.60 bits per heavy atom. The maximum Gasteiger partial charge on any atom is 0.433 e. The molecule has 0 aliphatic carbocycles. The average molecular weight is 309 g/mol. The predicted molar refractivity (Wildman–Crippen MR) is 68.8 cm³/mol. The van der Waals surface area contributed by atoms with Gasteiger partial charge in [0.2, 0.25) is 11.9 Å². The quantitative estimate of drug-likeness (QED) is 0.329. The summed E-state index contributed by atoms with van der Waals surface area (Å²) in [6, 6.07) is 0.731. The number of carbonyl (C=O) groups is 1. The number of nitrogens with one attached hydrogen (secondary N) is 2. The average Bonchev–Trinajstić information content (AvgIpc) is 2.34. The summed E-state index contributed by atoms with van der Waals surface area (Å²) in [6.45, 7) is 3.57. The fourth-order valence-electron chi connectivity index (χ4n) is 1.21. The SMILES string of the molecule is CC(C)NC(=O)CSc1cc(C(F)(F)F)nc(NN)n1. The number of nitrogens with zero attached hydrogens (tertiary/aromatic N) is 2. The van der Waals surface area contributed by atoms with E-state index in [9.17, 15) is 18.0 Å². The number of anilines is 1. The number of alkyl halides is 3. The number of nitrogen functional groups attached to an aromatic ring is 1. The molecule has 0 saturated carbocycles. The van der Waals surface area contributed by atoms with E-state index in [0.717, 1.165) is 17.8 Å². The van der Waals surface area contributed by atoms with Gasteiger partial charge in [-0.05, 0) is 13.8 Å². The van der Waals surface area contributed by atoms with Crippen molar-refractivity contribution in [2.45, 2.75) is 31.1 Å². The van der Waals surface area contributed by atoms with Crippen molar-refractivity contribution in [1.82, 2.24) is 15.3 Å². The Bertz CT molecular complexity index is 480. The van der Waals surface area contributed by atoms with E-state index in [-0.39, 0.29) is 28.7 Å². The van der Waals surface area contributed by atoms with E-state index in [1.165, 1.54) is 0 Å². The first kappa shape index (κ1) is 16.5. The van der Waals surface area contributed by atoms with Gasteiger partial charge in [0.15, 0.2) is 5.69 Å². The number of amides is 1. The van der Waals surface area contributed by atoms with Crippen molar-refractivity contribution in [3.8, 4) is 0 Å². The second-order valence-electron chi connectivity index (χ2n) is 4.07. The fraction of sp³-hybridized carbons (Fsp3) is 0.500.